The number of benzene rings is 1. The van der Waals surface area contributed by atoms with Gasteiger partial charge in [0.2, 0.25) is 0 Å². The second-order valence-electron chi connectivity index (χ2n) is 4.40. The third-order valence-electron chi connectivity index (χ3n) is 3.05. The van der Waals surface area contributed by atoms with Gasteiger partial charge in [-0.2, -0.15) is 0 Å². The van der Waals surface area contributed by atoms with E-state index in [9.17, 15) is 15.0 Å². The van der Waals surface area contributed by atoms with Crippen molar-refractivity contribution in [2.75, 3.05) is 0 Å². The highest BCUT2D eigenvalue weighted by Gasteiger charge is 2.36. The summed E-state index contributed by atoms with van der Waals surface area (Å²) in [5.41, 5.74) is 0.931. The van der Waals surface area contributed by atoms with Crippen molar-refractivity contribution in [3.05, 3.63) is 35.9 Å². The molecule has 2 atom stereocenters. The average Bonchev–Trinajstić information content (AvgIpc) is 2.68. The molecule has 4 nitrogen and oxygen atoms in total. The van der Waals surface area contributed by atoms with Crippen LogP contribution in [0.4, 0.5) is 0 Å². The van der Waals surface area contributed by atoms with Crippen molar-refractivity contribution in [3.63, 3.8) is 0 Å². The summed E-state index contributed by atoms with van der Waals surface area (Å²) < 4.78 is 5.15. The molecule has 0 heterocycles. The molecule has 4 heteroatoms. The number of rotatable bonds is 3. The first-order valence-electron chi connectivity index (χ1n) is 5.73. The van der Waals surface area contributed by atoms with Gasteiger partial charge in [-0.05, 0) is 18.4 Å². The molecular weight excluding hydrogens is 220 g/mol. The third kappa shape index (κ3) is 3.05. The summed E-state index contributed by atoms with van der Waals surface area (Å²) in [5.74, 6) is -0.729. The van der Waals surface area contributed by atoms with E-state index in [1.165, 1.54) is 0 Å². The van der Waals surface area contributed by atoms with Crippen molar-refractivity contribution >= 4 is 5.97 Å². The minimum atomic E-state index is -0.802. The zero-order valence-electron chi connectivity index (χ0n) is 9.45. The average molecular weight is 236 g/mol. The smallest absolute Gasteiger partial charge is 0.309 e. The van der Waals surface area contributed by atoms with Crippen LogP contribution in [0.5, 0.6) is 0 Å². The second-order valence-corrected chi connectivity index (χ2v) is 4.40. The van der Waals surface area contributed by atoms with Gasteiger partial charge in [-0.1, -0.05) is 30.3 Å². The van der Waals surface area contributed by atoms with Gasteiger partial charge < -0.3 is 14.9 Å². The molecule has 0 unspecified atom stereocenters. The van der Waals surface area contributed by atoms with E-state index >= 15 is 0 Å². The standard InChI is InChI=1S/C13H16O4/c14-11-6-10(7-12(11)15)13(16)17-8-9-4-2-1-3-5-9/h1-5,10-12,14-15H,6-8H2/t11-,12-/m1/s1. The Balaban J connectivity index is 1.82. The van der Waals surface area contributed by atoms with E-state index in [0.29, 0.717) is 0 Å². The maximum atomic E-state index is 11.7. The fourth-order valence-electron chi connectivity index (χ4n) is 2.03. The lowest BCUT2D eigenvalue weighted by atomic mass is 10.1. The van der Waals surface area contributed by atoms with E-state index in [4.69, 9.17) is 4.74 Å². The van der Waals surface area contributed by atoms with Crippen LogP contribution in [0.3, 0.4) is 0 Å². The normalized spacial score (nSPS) is 24.8. The van der Waals surface area contributed by atoms with E-state index < -0.39 is 12.2 Å². The van der Waals surface area contributed by atoms with Gasteiger partial charge in [-0.15, -0.1) is 0 Å². The predicted molar refractivity (Wildman–Crippen MR) is 61.0 cm³/mol. The maximum absolute atomic E-state index is 11.7. The van der Waals surface area contributed by atoms with Crippen LogP contribution >= 0.6 is 0 Å². The van der Waals surface area contributed by atoms with E-state index in [1.807, 2.05) is 30.3 Å². The molecule has 1 aliphatic rings. The number of carbonyl (C=O) groups is 1. The molecule has 17 heavy (non-hydrogen) atoms. The number of aliphatic hydroxyl groups excluding tert-OH is 2. The molecule has 0 bridgehead atoms. The summed E-state index contributed by atoms with van der Waals surface area (Å²) in [6.07, 6.45) is -1.03. The molecule has 0 radical (unpaired) electrons. The van der Waals surface area contributed by atoms with Crippen LogP contribution in [0.2, 0.25) is 0 Å². The molecule has 1 aliphatic carbocycles. The molecule has 0 aromatic heterocycles. The summed E-state index contributed by atoms with van der Waals surface area (Å²) in [7, 11) is 0. The molecular formula is C13H16O4. The largest absolute Gasteiger partial charge is 0.461 e. The molecule has 0 amide bonds. The van der Waals surface area contributed by atoms with Gasteiger partial charge in [-0.25, -0.2) is 0 Å². The van der Waals surface area contributed by atoms with Crippen molar-refractivity contribution < 1.29 is 19.7 Å². The fourth-order valence-corrected chi connectivity index (χ4v) is 2.03. The van der Waals surface area contributed by atoms with Crippen molar-refractivity contribution in [2.45, 2.75) is 31.7 Å². The molecule has 92 valence electrons. The van der Waals surface area contributed by atoms with Gasteiger partial charge in [0.1, 0.15) is 6.61 Å². The lowest BCUT2D eigenvalue weighted by molar-refractivity contribution is -0.150. The highest BCUT2D eigenvalue weighted by atomic mass is 16.5. The molecule has 1 aromatic rings. The van der Waals surface area contributed by atoms with Crippen molar-refractivity contribution in [1.82, 2.24) is 0 Å². The molecule has 0 spiro atoms. The Kier molecular flexibility index (Phi) is 3.76. The van der Waals surface area contributed by atoms with Crippen LogP contribution in [-0.2, 0) is 16.1 Å². The molecule has 2 rings (SSSR count). The zero-order valence-corrected chi connectivity index (χ0v) is 9.45. The monoisotopic (exact) mass is 236 g/mol. The van der Waals surface area contributed by atoms with E-state index in [-0.39, 0.29) is 31.3 Å². The summed E-state index contributed by atoms with van der Waals surface area (Å²) in [5, 5.41) is 18.7. The first-order valence-corrected chi connectivity index (χ1v) is 5.73. The second kappa shape index (κ2) is 5.29. The molecule has 2 N–H and O–H groups in total. The minimum Gasteiger partial charge on any atom is -0.461 e. The quantitative estimate of drug-likeness (QED) is 0.764. The molecule has 0 aliphatic heterocycles. The highest BCUT2D eigenvalue weighted by Crippen LogP contribution is 2.27. The van der Waals surface area contributed by atoms with Crippen LogP contribution < -0.4 is 0 Å². The van der Waals surface area contributed by atoms with Gasteiger partial charge >= 0.3 is 5.97 Å². The summed E-state index contributed by atoms with van der Waals surface area (Å²) in [4.78, 5) is 11.7. The lowest BCUT2D eigenvalue weighted by Gasteiger charge is -2.09. The van der Waals surface area contributed by atoms with Gasteiger partial charge in [0.05, 0.1) is 18.1 Å². The van der Waals surface area contributed by atoms with Gasteiger partial charge in [-0.3, -0.25) is 4.79 Å². The number of hydrogen-bond donors (Lipinski definition) is 2. The van der Waals surface area contributed by atoms with Crippen LogP contribution in [0.1, 0.15) is 18.4 Å². The maximum Gasteiger partial charge on any atom is 0.309 e. The van der Waals surface area contributed by atoms with Crippen molar-refractivity contribution in [1.29, 1.82) is 0 Å². The molecule has 1 saturated carbocycles. The van der Waals surface area contributed by atoms with E-state index in [1.54, 1.807) is 0 Å². The Morgan fingerprint density at radius 2 is 1.76 bits per heavy atom. The molecule has 1 aromatic carbocycles. The number of esters is 1. The van der Waals surface area contributed by atoms with Crippen LogP contribution in [0.15, 0.2) is 30.3 Å². The number of ether oxygens (including phenoxy) is 1. The molecule has 1 fully saturated rings. The zero-order chi connectivity index (χ0) is 12.3. The minimum absolute atomic E-state index is 0.238. The van der Waals surface area contributed by atoms with Crippen LogP contribution in [-0.4, -0.2) is 28.4 Å². The topological polar surface area (TPSA) is 66.8 Å². The van der Waals surface area contributed by atoms with Gasteiger partial charge in [0.15, 0.2) is 0 Å². The Hall–Kier alpha value is -1.39. The van der Waals surface area contributed by atoms with Gasteiger partial charge in [0, 0.05) is 0 Å². The van der Waals surface area contributed by atoms with E-state index in [2.05, 4.69) is 0 Å². The Bertz CT molecular complexity index is 366. The van der Waals surface area contributed by atoms with Crippen LogP contribution in [0, 0.1) is 5.92 Å². The number of aliphatic hydroxyl groups is 2. The number of hydrogen-bond acceptors (Lipinski definition) is 4. The van der Waals surface area contributed by atoms with Crippen molar-refractivity contribution in [2.24, 2.45) is 5.92 Å². The Morgan fingerprint density at radius 1 is 1.18 bits per heavy atom. The van der Waals surface area contributed by atoms with E-state index in [0.717, 1.165) is 5.56 Å². The first kappa shape index (κ1) is 12.1. The third-order valence-corrected chi connectivity index (χ3v) is 3.05. The Labute approximate surface area is 99.8 Å². The summed E-state index contributed by atoms with van der Waals surface area (Å²) in [6, 6.07) is 9.42. The van der Waals surface area contributed by atoms with Gasteiger partial charge in [0.25, 0.3) is 0 Å². The molecule has 0 saturated heterocycles. The summed E-state index contributed by atoms with van der Waals surface area (Å²) >= 11 is 0. The first-order chi connectivity index (χ1) is 8.16. The SMILES string of the molecule is O=C(OCc1ccccc1)C1C[C@@H](O)[C@H](O)C1. The highest BCUT2D eigenvalue weighted by molar-refractivity contribution is 5.73. The number of carbonyl (C=O) groups excluding carboxylic acids is 1. The van der Waals surface area contributed by atoms with Crippen molar-refractivity contribution in [3.8, 4) is 0 Å². The van der Waals surface area contributed by atoms with Crippen LogP contribution in [0.25, 0.3) is 0 Å². The Morgan fingerprint density at radius 3 is 2.35 bits per heavy atom. The fraction of sp³-hybridized carbons (Fsp3) is 0.462. The predicted octanol–water partition coefficient (Wildman–Crippen LogP) is 0.862. The lowest BCUT2D eigenvalue weighted by Crippen LogP contribution is -2.17. The summed E-state index contributed by atoms with van der Waals surface area (Å²) in [6.45, 7) is 0.238.